The van der Waals surface area contributed by atoms with Crippen LogP contribution >= 0.6 is 0 Å². The number of benzene rings is 1. The molecule has 0 radical (unpaired) electrons. The van der Waals surface area contributed by atoms with Gasteiger partial charge in [-0.2, -0.15) is 0 Å². The molecule has 0 aliphatic rings. The Labute approximate surface area is 116 Å². The van der Waals surface area contributed by atoms with Crippen molar-refractivity contribution in [3.63, 3.8) is 0 Å². The molecule has 0 bridgehead atoms. The highest BCUT2D eigenvalue weighted by atomic mass is 16.5. The van der Waals surface area contributed by atoms with Crippen molar-refractivity contribution in [2.45, 2.75) is 26.8 Å². The lowest BCUT2D eigenvalue weighted by molar-refractivity contribution is 0.297. The smallest absolute Gasteiger partial charge is 0.124 e. The molecule has 0 saturated carbocycles. The van der Waals surface area contributed by atoms with Gasteiger partial charge in [-0.05, 0) is 26.1 Å². The Morgan fingerprint density at radius 3 is 2.53 bits per heavy atom. The van der Waals surface area contributed by atoms with Crippen LogP contribution in [0.5, 0.6) is 11.5 Å². The summed E-state index contributed by atoms with van der Waals surface area (Å²) >= 11 is 0. The maximum Gasteiger partial charge on any atom is 0.124 e. The number of ether oxygens (including phenoxy) is 1. The normalized spacial score (nSPS) is 12.7. The van der Waals surface area contributed by atoms with E-state index < -0.39 is 0 Å². The van der Waals surface area contributed by atoms with E-state index in [9.17, 15) is 5.11 Å². The van der Waals surface area contributed by atoms with Crippen molar-refractivity contribution in [3.8, 4) is 11.5 Å². The molecule has 0 aromatic heterocycles. The van der Waals surface area contributed by atoms with Gasteiger partial charge in [0.2, 0.25) is 0 Å². The van der Waals surface area contributed by atoms with E-state index in [0.717, 1.165) is 31.7 Å². The highest BCUT2D eigenvalue weighted by Gasteiger charge is 2.11. The summed E-state index contributed by atoms with van der Waals surface area (Å²) in [5.41, 5.74) is 0.903. The van der Waals surface area contributed by atoms with Crippen LogP contribution in [0.4, 0.5) is 0 Å². The van der Waals surface area contributed by atoms with Crippen LogP contribution in [0.2, 0.25) is 0 Å². The van der Waals surface area contributed by atoms with E-state index in [2.05, 4.69) is 31.0 Å². The predicted molar refractivity (Wildman–Crippen MR) is 78.9 cm³/mol. The molecule has 0 saturated heterocycles. The average Bonchev–Trinajstić information content (AvgIpc) is 2.43. The molecule has 108 valence electrons. The van der Waals surface area contributed by atoms with Gasteiger partial charge in [0.25, 0.3) is 0 Å². The van der Waals surface area contributed by atoms with Crippen LogP contribution in [0.15, 0.2) is 18.2 Å². The Bertz CT molecular complexity index is 378. The Morgan fingerprint density at radius 2 is 2.00 bits per heavy atom. The summed E-state index contributed by atoms with van der Waals surface area (Å²) in [7, 11) is 1.60. The number of likely N-dealkylation sites (N-methyl/N-ethyl adjacent to an activating group) is 1. The molecule has 4 nitrogen and oxygen atoms in total. The molecule has 0 spiro atoms. The molecule has 0 amide bonds. The Balaban J connectivity index is 2.51. The first-order chi connectivity index (χ1) is 9.12. The predicted octanol–water partition coefficient (Wildman–Crippen LogP) is 2.39. The molecular weight excluding hydrogens is 240 g/mol. The highest BCUT2D eigenvalue weighted by molar-refractivity contribution is 5.41. The Kier molecular flexibility index (Phi) is 6.67. The van der Waals surface area contributed by atoms with E-state index in [-0.39, 0.29) is 11.8 Å². The molecule has 1 aromatic carbocycles. The number of phenolic OH excluding ortho intramolecular Hbond substituents is 1. The summed E-state index contributed by atoms with van der Waals surface area (Å²) in [5.74, 6) is 0.957. The quantitative estimate of drug-likeness (QED) is 0.758. The van der Waals surface area contributed by atoms with Crippen molar-refractivity contribution in [2.24, 2.45) is 0 Å². The van der Waals surface area contributed by atoms with E-state index in [4.69, 9.17) is 4.74 Å². The third-order valence-corrected chi connectivity index (χ3v) is 3.48. The van der Waals surface area contributed by atoms with Gasteiger partial charge in [0, 0.05) is 30.8 Å². The fourth-order valence-electron chi connectivity index (χ4n) is 2.11. The second-order valence-electron chi connectivity index (χ2n) is 4.63. The SMILES string of the molecule is CCN(CC)CCNC(C)c1ccc(OC)cc1O. The van der Waals surface area contributed by atoms with Crippen LogP contribution in [0, 0.1) is 0 Å². The van der Waals surface area contributed by atoms with Crippen molar-refractivity contribution < 1.29 is 9.84 Å². The summed E-state index contributed by atoms with van der Waals surface area (Å²) in [6.07, 6.45) is 0. The number of nitrogens with one attached hydrogen (secondary N) is 1. The fourth-order valence-corrected chi connectivity index (χ4v) is 2.11. The van der Waals surface area contributed by atoms with Gasteiger partial charge in [0.05, 0.1) is 7.11 Å². The second kappa shape index (κ2) is 8.02. The lowest BCUT2D eigenvalue weighted by Crippen LogP contribution is -2.33. The molecule has 1 unspecified atom stereocenters. The minimum absolute atomic E-state index is 0.126. The minimum Gasteiger partial charge on any atom is -0.507 e. The van der Waals surface area contributed by atoms with Crippen molar-refractivity contribution in [1.29, 1.82) is 0 Å². The van der Waals surface area contributed by atoms with Crippen LogP contribution in [-0.4, -0.2) is 43.3 Å². The first kappa shape index (κ1) is 15.8. The van der Waals surface area contributed by atoms with Crippen molar-refractivity contribution in [3.05, 3.63) is 23.8 Å². The van der Waals surface area contributed by atoms with E-state index in [0.29, 0.717) is 5.75 Å². The van der Waals surface area contributed by atoms with Gasteiger partial charge in [-0.25, -0.2) is 0 Å². The maximum atomic E-state index is 9.96. The monoisotopic (exact) mass is 266 g/mol. The molecule has 0 aliphatic heterocycles. The standard InChI is InChI=1S/C15H26N2O2/c1-5-17(6-2)10-9-16-12(3)14-8-7-13(19-4)11-15(14)18/h7-8,11-12,16,18H,5-6,9-10H2,1-4H3. The fraction of sp³-hybridized carbons (Fsp3) is 0.600. The largest absolute Gasteiger partial charge is 0.507 e. The zero-order valence-corrected chi connectivity index (χ0v) is 12.4. The number of rotatable bonds is 8. The molecule has 2 N–H and O–H groups in total. The molecule has 1 aromatic rings. The summed E-state index contributed by atoms with van der Waals surface area (Å²) in [5, 5.41) is 13.4. The van der Waals surface area contributed by atoms with Crippen LogP contribution in [0.25, 0.3) is 0 Å². The van der Waals surface area contributed by atoms with Crippen LogP contribution in [-0.2, 0) is 0 Å². The van der Waals surface area contributed by atoms with Gasteiger partial charge in [-0.1, -0.05) is 19.9 Å². The van der Waals surface area contributed by atoms with Crippen molar-refractivity contribution in [2.75, 3.05) is 33.3 Å². The number of hydrogen-bond donors (Lipinski definition) is 2. The first-order valence-electron chi connectivity index (χ1n) is 6.95. The van der Waals surface area contributed by atoms with Crippen molar-refractivity contribution in [1.82, 2.24) is 10.2 Å². The molecular formula is C15H26N2O2. The van der Waals surface area contributed by atoms with Crippen LogP contribution in [0.3, 0.4) is 0 Å². The second-order valence-corrected chi connectivity index (χ2v) is 4.63. The summed E-state index contributed by atoms with van der Waals surface area (Å²) in [6.45, 7) is 10.5. The Hall–Kier alpha value is -1.26. The van der Waals surface area contributed by atoms with Gasteiger partial charge < -0.3 is 20.1 Å². The number of hydrogen-bond acceptors (Lipinski definition) is 4. The number of phenols is 1. The van der Waals surface area contributed by atoms with Gasteiger partial charge in [0.1, 0.15) is 11.5 Å². The van der Waals surface area contributed by atoms with E-state index >= 15 is 0 Å². The zero-order valence-electron chi connectivity index (χ0n) is 12.4. The zero-order chi connectivity index (χ0) is 14.3. The average molecular weight is 266 g/mol. The molecule has 1 rings (SSSR count). The van der Waals surface area contributed by atoms with Gasteiger partial charge >= 0.3 is 0 Å². The minimum atomic E-state index is 0.126. The number of aromatic hydroxyl groups is 1. The molecule has 4 heteroatoms. The molecule has 0 heterocycles. The van der Waals surface area contributed by atoms with E-state index in [1.807, 2.05) is 12.1 Å². The van der Waals surface area contributed by atoms with Crippen molar-refractivity contribution >= 4 is 0 Å². The lowest BCUT2D eigenvalue weighted by Gasteiger charge is -2.21. The third kappa shape index (κ3) is 4.73. The van der Waals surface area contributed by atoms with Gasteiger partial charge in [0.15, 0.2) is 0 Å². The van der Waals surface area contributed by atoms with Crippen LogP contribution in [0.1, 0.15) is 32.4 Å². The number of nitrogens with zero attached hydrogens (tertiary/aromatic N) is 1. The summed E-state index contributed by atoms with van der Waals surface area (Å²) in [4.78, 5) is 2.37. The summed E-state index contributed by atoms with van der Waals surface area (Å²) in [6, 6.07) is 5.56. The topological polar surface area (TPSA) is 44.7 Å². The molecule has 1 atom stereocenters. The maximum absolute atomic E-state index is 9.96. The van der Waals surface area contributed by atoms with E-state index in [1.54, 1.807) is 13.2 Å². The van der Waals surface area contributed by atoms with Crippen LogP contribution < -0.4 is 10.1 Å². The van der Waals surface area contributed by atoms with E-state index in [1.165, 1.54) is 0 Å². The Morgan fingerprint density at radius 1 is 1.32 bits per heavy atom. The van der Waals surface area contributed by atoms with Gasteiger partial charge in [-0.15, -0.1) is 0 Å². The third-order valence-electron chi connectivity index (χ3n) is 3.48. The highest BCUT2D eigenvalue weighted by Crippen LogP contribution is 2.28. The first-order valence-corrected chi connectivity index (χ1v) is 6.95. The molecule has 0 fully saturated rings. The number of methoxy groups -OCH3 is 1. The molecule has 0 aliphatic carbocycles. The molecule has 19 heavy (non-hydrogen) atoms. The lowest BCUT2D eigenvalue weighted by atomic mass is 10.1. The summed E-state index contributed by atoms with van der Waals surface area (Å²) < 4.78 is 5.08. The van der Waals surface area contributed by atoms with Gasteiger partial charge in [-0.3, -0.25) is 0 Å².